The van der Waals surface area contributed by atoms with Gasteiger partial charge in [-0.2, -0.15) is 0 Å². The van der Waals surface area contributed by atoms with Gasteiger partial charge in [-0.3, -0.25) is 19.4 Å². The van der Waals surface area contributed by atoms with Crippen LogP contribution in [0.5, 0.6) is 0 Å². The van der Waals surface area contributed by atoms with Crippen molar-refractivity contribution in [2.45, 2.75) is 75.9 Å². The highest BCUT2D eigenvalue weighted by molar-refractivity contribution is 6.36. The molecule has 408 valence electrons. The number of carbonyl (C=O) groups is 3. The number of hydrogen-bond donors (Lipinski definition) is 0. The number of pyridine rings is 4. The van der Waals surface area contributed by atoms with Gasteiger partial charge in [-0.05, 0) is 178 Å². The summed E-state index contributed by atoms with van der Waals surface area (Å²) in [6.07, 6.45) is 10.2. The first-order valence-corrected chi connectivity index (χ1v) is 26.9. The van der Waals surface area contributed by atoms with Crippen molar-refractivity contribution in [3.8, 4) is 0 Å². The van der Waals surface area contributed by atoms with Crippen molar-refractivity contribution in [3.63, 3.8) is 0 Å². The number of nitrogens with zero attached hydrogens (tertiary/aromatic N) is 10. The summed E-state index contributed by atoms with van der Waals surface area (Å²) >= 11 is 12.1. The number of likely N-dealkylation sites (tertiary alicyclic amines) is 3. The predicted molar refractivity (Wildman–Crippen MR) is 301 cm³/mol. The lowest BCUT2D eigenvalue weighted by Crippen LogP contribution is -2.42. The Hall–Kier alpha value is -6.30. The van der Waals surface area contributed by atoms with Crippen molar-refractivity contribution in [2.24, 2.45) is 0 Å². The summed E-state index contributed by atoms with van der Waals surface area (Å²) in [6, 6.07) is 28.7. The summed E-state index contributed by atoms with van der Waals surface area (Å²) in [5, 5.41) is 0.897. The summed E-state index contributed by atoms with van der Waals surface area (Å²) in [5.41, 5.74) is 2.66. The molecule has 13 nitrogen and oxygen atoms in total. The van der Waals surface area contributed by atoms with Gasteiger partial charge in [-0.15, -0.1) is 0 Å². The van der Waals surface area contributed by atoms with Crippen molar-refractivity contribution < 1.29 is 27.6 Å². The van der Waals surface area contributed by atoms with E-state index in [1.807, 2.05) is 49.5 Å². The van der Waals surface area contributed by atoms with E-state index in [1.54, 1.807) is 54.9 Å². The van der Waals surface area contributed by atoms with Crippen LogP contribution in [0.25, 0.3) is 0 Å². The number of benzene rings is 2. The standard InChI is InChI=1S/C20H23Cl2N3O.C20H22F3N3O.C19H24N4O/c1-24-10-8-16(9-11-24)25(2)20-5-3-4-15(23-20)13-19(26)17-7-6-14(21)12-18(17)22;1-25-10-8-14(9-11-25)26(2)18-5-3-4-13(24-18)12-17(27)15-6-7-16(21)20(23)19(15)22;1-22-11-8-17(9-12-22)23(2)19-7-3-6-16(21-19)13-18(24)15-5-4-10-20-14-15/h3-7,12,16H,8-11,13H2,1-2H3;3-7,14H,8-12H2,1-2H3;3-7,10,14,17H,8-9,11-13H2,1-2H3. The van der Waals surface area contributed by atoms with E-state index < -0.39 is 28.8 Å². The second-order valence-electron chi connectivity index (χ2n) is 20.3. The third-order valence-electron chi connectivity index (χ3n) is 14.7. The molecule has 0 amide bonds. The molecule has 3 saturated heterocycles. The first-order chi connectivity index (χ1) is 36.9. The molecular formula is C59H69Cl2F3N10O3. The average Bonchev–Trinajstić information content (AvgIpc) is 3.43. The van der Waals surface area contributed by atoms with E-state index in [4.69, 9.17) is 33.2 Å². The molecule has 3 aliphatic rings. The molecule has 77 heavy (non-hydrogen) atoms. The molecule has 7 heterocycles. The minimum Gasteiger partial charge on any atom is -0.357 e. The fourth-order valence-electron chi connectivity index (χ4n) is 9.76. The zero-order valence-corrected chi connectivity index (χ0v) is 46.3. The number of Topliss-reactive ketones (excluding diaryl/α,β-unsaturated/α-hetero) is 3. The van der Waals surface area contributed by atoms with Crippen LogP contribution in [0.15, 0.2) is 109 Å². The number of hydrogen-bond acceptors (Lipinski definition) is 13. The van der Waals surface area contributed by atoms with Crippen LogP contribution in [-0.2, 0) is 19.3 Å². The maximum atomic E-state index is 13.8. The molecule has 0 bridgehead atoms. The molecule has 6 aromatic rings. The Labute approximate surface area is 461 Å². The molecule has 9 rings (SSSR count). The van der Waals surface area contributed by atoms with Crippen molar-refractivity contribution >= 4 is 58.0 Å². The third-order valence-corrected chi connectivity index (χ3v) is 15.3. The number of aromatic nitrogens is 4. The van der Waals surface area contributed by atoms with Crippen LogP contribution < -0.4 is 14.7 Å². The maximum absolute atomic E-state index is 13.8. The van der Waals surface area contributed by atoms with Crippen molar-refractivity contribution in [1.82, 2.24) is 34.6 Å². The van der Waals surface area contributed by atoms with E-state index in [9.17, 15) is 27.6 Å². The molecular weight excluding hydrogens is 1020 g/mol. The van der Waals surface area contributed by atoms with Crippen LogP contribution in [0.1, 0.15) is 86.7 Å². The number of rotatable bonds is 15. The lowest BCUT2D eigenvalue weighted by Gasteiger charge is -2.35. The molecule has 3 fully saturated rings. The second kappa shape index (κ2) is 27.8. The Bertz CT molecular complexity index is 2930. The molecule has 0 aliphatic carbocycles. The molecule has 0 N–H and O–H groups in total. The van der Waals surface area contributed by atoms with Gasteiger partial charge in [0.15, 0.2) is 34.8 Å². The highest BCUT2D eigenvalue weighted by atomic mass is 35.5. The van der Waals surface area contributed by atoms with Gasteiger partial charge < -0.3 is 29.4 Å². The van der Waals surface area contributed by atoms with E-state index in [0.29, 0.717) is 51.4 Å². The van der Waals surface area contributed by atoms with Gasteiger partial charge in [0.05, 0.1) is 46.9 Å². The van der Waals surface area contributed by atoms with E-state index >= 15 is 0 Å². The van der Waals surface area contributed by atoms with Gasteiger partial charge in [-0.25, -0.2) is 28.1 Å². The Balaban J connectivity index is 0.000000168. The van der Waals surface area contributed by atoms with Crippen LogP contribution >= 0.6 is 23.2 Å². The number of carbonyl (C=O) groups excluding carboxylic acids is 3. The van der Waals surface area contributed by atoms with Gasteiger partial charge in [0.25, 0.3) is 0 Å². The van der Waals surface area contributed by atoms with E-state index in [0.717, 1.165) is 119 Å². The summed E-state index contributed by atoms with van der Waals surface area (Å²) in [6.45, 7) is 6.47. The van der Waals surface area contributed by atoms with Crippen molar-refractivity contribution in [2.75, 3.05) is 96.3 Å². The minimum atomic E-state index is -1.63. The quantitative estimate of drug-likeness (QED) is 0.0717. The van der Waals surface area contributed by atoms with E-state index in [1.165, 1.54) is 0 Å². The number of ketones is 3. The second-order valence-corrected chi connectivity index (χ2v) is 21.1. The van der Waals surface area contributed by atoms with E-state index in [-0.39, 0.29) is 24.4 Å². The lowest BCUT2D eigenvalue weighted by atomic mass is 10.0. The fourth-order valence-corrected chi connectivity index (χ4v) is 10.3. The third kappa shape index (κ3) is 16.4. The molecule has 0 unspecified atom stereocenters. The van der Waals surface area contributed by atoms with Crippen molar-refractivity contribution in [1.29, 1.82) is 0 Å². The molecule has 4 aromatic heterocycles. The van der Waals surface area contributed by atoms with Gasteiger partial charge >= 0.3 is 0 Å². The van der Waals surface area contributed by atoms with Crippen molar-refractivity contribution in [3.05, 3.63) is 171 Å². The normalized spacial score (nSPS) is 15.9. The molecule has 18 heteroatoms. The molecule has 2 aromatic carbocycles. The van der Waals surface area contributed by atoms with Crippen LogP contribution in [0, 0.1) is 17.5 Å². The van der Waals surface area contributed by atoms with Crippen LogP contribution in [0.3, 0.4) is 0 Å². The summed E-state index contributed by atoms with van der Waals surface area (Å²) in [7, 11) is 12.6. The molecule has 0 radical (unpaired) electrons. The summed E-state index contributed by atoms with van der Waals surface area (Å²) in [5.74, 6) is -2.47. The predicted octanol–water partition coefficient (Wildman–Crippen LogP) is 10.2. The monoisotopic (exact) mass is 1090 g/mol. The van der Waals surface area contributed by atoms with Gasteiger partial charge in [0, 0.05) is 67.8 Å². The first-order valence-electron chi connectivity index (χ1n) is 26.1. The molecule has 0 saturated carbocycles. The van der Waals surface area contributed by atoms with Crippen LogP contribution in [0.2, 0.25) is 10.0 Å². The van der Waals surface area contributed by atoms with Crippen LogP contribution in [-0.4, -0.2) is 152 Å². The number of anilines is 3. The molecule has 0 spiro atoms. The highest BCUT2D eigenvalue weighted by Crippen LogP contribution is 2.26. The topological polar surface area (TPSA) is 122 Å². The minimum absolute atomic E-state index is 0.0506. The molecule has 3 aliphatic heterocycles. The largest absolute Gasteiger partial charge is 0.357 e. The summed E-state index contributed by atoms with van der Waals surface area (Å²) in [4.78, 5) is 68.7. The zero-order valence-electron chi connectivity index (χ0n) is 44.8. The molecule has 0 atom stereocenters. The number of halogens is 5. The van der Waals surface area contributed by atoms with Gasteiger partial charge in [-0.1, -0.05) is 41.4 Å². The Morgan fingerprint density at radius 2 is 0.922 bits per heavy atom. The number of piperidine rings is 3. The Kier molecular flexibility index (Phi) is 21.1. The van der Waals surface area contributed by atoms with Gasteiger partial charge in [0.1, 0.15) is 17.5 Å². The SMILES string of the molecule is CN1CCC(N(C)c2cccc(CC(=O)c3ccc(Cl)cc3Cl)n2)CC1.CN1CCC(N(C)c2cccc(CC(=O)c3ccc(F)c(F)c3F)n2)CC1.CN1CCC(N(C)c2cccc(CC(=O)c3cccnc3)n2)CC1. The summed E-state index contributed by atoms with van der Waals surface area (Å²) < 4.78 is 40.2. The first kappa shape index (κ1) is 58.4. The lowest BCUT2D eigenvalue weighted by molar-refractivity contribution is 0.0980. The van der Waals surface area contributed by atoms with Gasteiger partial charge in [0.2, 0.25) is 0 Å². The maximum Gasteiger partial charge on any atom is 0.195 e. The van der Waals surface area contributed by atoms with E-state index in [2.05, 4.69) is 74.6 Å². The smallest absolute Gasteiger partial charge is 0.195 e. The fraction of sp³-hybridized carbons (Fsp3) is 0.407. The Morgan fingerprint density at radius 1 is 0.519 bits per heavy atom. The van der Waals surface area contributed by atoms with Crippen LogP contribution in [0.4, 0.5) is 30.6 Å². The zero-order chi connectivity index (χ0) is 55.2. The average molecular weight is 1090 g/mol. The highest BCUT2D eigenvalue weighted by Gasteiger charge is 2.26. The Morgan fingerprint density at radius 3 is 1.32 bits per heavy atom.